The van der Waals surface area contributed by atoms with Crippen molar-refractivity contribution in [3.8, 4) is 5.75 Å². The van der Waals surface area contributed by atoms with Crippen molar-refractivity contribution >= 4 is 5.97 Å². The molecule has 0 radical (unpaired) electrons. The SMILES string of the molecule is COCCCCCOc1ccc(C(=O)OC)cc1. The van der Waals surface area contributed by atoms with Gasteiger partial charge in [-0.1, -0.05) is 0 Å². The zero-order valence-corrected chi connectivity index (χ0v) is 11.0. The van der Waals surface area contributed by atoms with Crippen LogP contribution in [-0.4, -0.2) is 33.4 Å². The highest BCUT2D eigenvalue weighted by Gasteiger charge is 2.04. The zero-order chi connectivity index (χ0) is 13.2. The van der Waals surface area contributed by atoms with Gasteiger partial charge >= 0.3 is 5.97 Å². The van der Waals surface area contributed by atoms with Crippen LogP contribution >= 0.6 is 0 Å². The van der Waals surface area contributed by atoms with Crippen LogP contribution in [0.25, 0.3) is 0 Å². The third kappa shape index (κ3) is 5.19. The van der Waals surface area contributed by atoms with E-state index in [1.54, 1.807) is 31.4 Å². The van der Waals surface area contributed by atoms with Gasteiger partial charge in [-0.2, -0.15) is 0 Å². The van der Waals surface area contributed by atoms with Gasteiger partial charge in [0.05, 0.1) is 19.3 Å². The molecule has 18 heavy (non-hydrogen) atoms. The molecule has 0 amide bonds. The van der Waals surface area contributed by atoms with E-state index in [0.29, 0.717) is 12.2 Å². The van der Waals surface area contributed by atoms with Crippen molar-refractivity contribution in [1.29, 1.82) is 0 Å². The molecule has 0 aromatic heterocycles. The Bertz CT molecular complexity index is 345. The van der Waals surface area contributed by atoms with Crippen molar-refractivity contribution in [1.82, 2.24) is 0 Å². The Hall–Kier alpha value is -1.55. The summed E-state index contributed by atoms with van der Waals surface area (Å²) in [6.45, 7) is 1.48. The number of esters is 1. The molecule has 1 aromatic carbocycles. The van der Waals surface area contributed by atoms with E-state index in [-0.39, 0.29) is 5.97 Å². The number of unbranched alkanes of at least 4 members (excludes halogenated alkanes) is 2. The molecule has 0 saturated carbocycles. The van der Waals surface area contributed by atoms with E-state index < -0.39 is 0 Å². The number of hydrogen-bond donors (Lipinski definition) is 0. The molecule has 4 heteroatoms. The van der Waals surface area contributed by atoms with Crippen molar-refractivity contribution in [2.75, 3.05) is 27.4 Å². The first kappa shape index (κ1) is 14.5. The molecule has 0 heterocycles. The maximum absolute atomic E-state index is 11.2. The van der Waals surface area contributed by atoms with Gasteiger partial charge in [0.1, 0.15) is 5.75 Å². The topological polar surface area (TPSA) is 44.8 Å². The summed E-state index contributed by atoms with van der Waals surface area (Å²) in [5, 5.41) is 0. The van der Waals surface area contributed by atoms with Gasteiger partial charge in [-0.25, -0.2) is 4.79 Å². The molecule has 0 atom stereocenters. The zero-order valence-electron chi connectivity index (χ0n) is 11.0. The molecule has 4 nitrogen and oxygen atoms in total. The van der Waals surface area contributed by atoms with Crippen LogP contribution in [0.1, 0.15) is 29.6 Å². The molecular weight excluding hydrogens is 232 g/mol. The van der Waals surface area contributed by atoms with Crippen LogP contribution in [0.2, 0.25) is 0 Å². The van der Waals surface area contributed by atoms with Crippen molar-refractivity contribution in [3.05, 3.63) is 29.8 Å². The molecule has 1 rings (SSSR count). The summed E-state index contributed by atoms with van der Waals surface area (Å²) in [6.07, 6.45) is 3.15. The predicted octanol–water partition coefficient (Wildman–Crippen LogP) is 2.67. The molecule has 1 aromatic rings. The van der Waals surface area contributed by atoms with Crippen molar-refractivity contribution in [2.24, 2.45) is 0 Å². The van der Waals surface area contributed by atoms with E-state index in [2.05, 4.69) is 4.74 Å². The Kier molecular flexibility index (Phi) is 6.87. The molecular formula is C14H20O4. The molecule has 0 aliphatic rings. The van der Waals surface area contributed by atoms with E-state index >= 15 is 0 Å². The maximum atomic E-state index is 11.2. The Morgan fingerprint density at radius 3 is 2.28 bits per heavy atom. The lowest BCUT2D eigenvalue weighted by Gasteiger charge is -2.06. The Balaban J connectivity index is 2.25. The highest BCUT2D eigenvalue weighted by molar-refractivity contribution is 5.89. The fourth-order valence-electron chi connectivity index (χ4n) is 1.52. The number of ether oxygens (including phenoxy) is 3. The van der Waals surface area contributed by atoms with Crippen LogP contribution in [-0.2, 0) is 9.47 Å². The second-order valence-electron chi connectivity index (χ2n) is 3.92. The first-order valence-corrected chi connectivity index (χ1v) is 6.08. The first-order chi connectivity index (χ1) is 8.77. The predicted molar refractivity (Wildman–Crippen MR) is 69.0 cm³/mol. The number of hydrogen-bond acceptors (Lipinski definition) is 4. The number of rotatable bonds is 8. The lowest BCUT2D eigenvalue weighted by atomic mass is 10.2. The average molecular weight is 252 g/mol. The third-order valence-electron chi connectivity index (χ3n) is 2.54. The summed E-state index contributed by atoms with van der Waals surface area (Å²) in [7, 11) is 3.08. The smallest absolute Gasteiger partial charge is 0.337 e. The van der Waals surface area contributed by atoms with Crippen molar-refractivity contribution in [2.45, 2.75) is 19.3 Å². The van der Waals surface area contributed by atoms with E-state index in [4.69, 9.17) is 9.47 Å². The third-order valence-corrected chi connectivity index (χ3v) is 2.54. The average Bonchev–Trinajstić information content (AvgIpc) is 2.42. The minimum Gasteiger partial charge on any atom is -0.494 e. The highest BCUT2D eigenvalue weighted by Crippen LogP contribution is 2.13. The Morgan fingerprint density at radius 2 is 1.67 bits per heavy atom. The summed E-state index contributed by atoms with van der Waals surface area (Å²) in [6, 6.07) is 6.96. The quantitative estimate of drug-likeness (QED) is 0.527. The van der Waals surface area contributed by atoms with E-state index in [9.17, 15) is 4.79 Å². The molecule has 0 unspecified atom stereocenters. The van der Waals surface area contributed by atoms with Crippen LogP contribution in [0.4, 0.5) is 0 Å². The largest absolute Gasteiger partial charge is 0.494 e. The van der Waals surface area contributed by atoms with Crippen molar-refractivity contribution < 1.29 is 19.0 Å². The van der Waals surface area contributed by atoms with Gasteiger partial charge in [-0.15, -0.1) is 0 Å². The Labute approximate surface area is 108 Å². The van der Waals surface area contributed by atoms with E-state index in [0.717, 1.165) is 31.6 Å². The minimum absolute atomic E-state index is 0.332. The summed E-state index contributed by atoms with van der Waals surface area (Å²) < 4.78 is 15.2. The second kappa shape index (κ2) is 8.53. The molecule has 0 N–H and O–H groups in total. The van der Waals surface area contributed by atoms with Gasteiger partial charge in [0.25, 0.3) is 0 Å². The summed E-state index contributed by atoms with van der Waals surface area (Å²) in [5.41, 5.74) is 0.532. The van der Waals surface area contributed by atoms with Crippen LogP contribution in [0.5, 0.6) is 5.75 Å². The van der Waals surface area contributed by atoms with Gasteiger partial charge in [-0.05, 0) is 43.5 Å². The fraction of sp³-hybridized carbons (Fsp3) is 0.500. The van der Waals surface area contributed by atoms with Crippen molar-refractivity contribution in [3.63, 3.8) is 0 Å². The van der Waals surface area contributed by atoms with E-state index in [1.165, 1.54) is 7.11 Å². The lowest BCUT2D eigenvalue weighted by molar-refractivity contribution is 0.0600. The fourth-order valence-corrected chi connectivity index (χ4v) is 1.52. The van der Waals surface area contributed by atoms with Gasteiger partial charge in [0, 0.05) is 13.7 Å². The normalized spacial score (nSPS) is 10.1. The van der Waals surface area contributed by atoms with Gasteiger partial charge in [0.2, 0.25) is 0 Å². The number of carbonyl (C=O) groups excluding carboxylic acids is 1. The lowest BCUT2D eigenvalue weighted by Crippen LogP contribution is -2.02. The minimum atomic E-state index is -0.332. The standard InChI is InChI=1S/C14H20O4/c1-16-10-4-3-5-11-18-13-8-6-12(7-9-13)14(15)17-2/h6-9H,3-5,10-11H2,1-2H3. The summed E-state index contributed by atoms with van der Waals surface area (Å²) >= 11 is 0. The second-order valence-corrected chi connectivity index (χ2v) is 3.92. The Morgan fingerprint density at radius 1 is 1.00 bits per heavy atom. The number of benzene rings is 1. The molecule has 0 aliphatic heterocycles. The van der Waals surface area contributed by atoms with Gasteiger partial charge < -0.3 is 14.2 Å². The molecule has 0 saturated heterocycles. The summed E-state index contributed by atoms with van der Waals surface area (Å²) in [4.78, 5) is 11.2. The molecule has 0 bridgehead atoms. The molecule has 0 fully saturated rings. The number of carbonyl (C=O) groups is 1. The van der Waals surface area contributed by atoms with Crippen LogP contribution < -0.4 is 4.74 Å². The first-order valence-electron chi connectivity index (χ1n) is 6.08. The molecule has 0 spiro atoms. The van der Waals surface area contributed by atoms with Crippen LogP contribution in [0, 0.1) is 0 Å². The highest BCUT2D eigenvalue weighted by atomic mass is 16.5. The van der Waals surface area contributed by atoms with Gasteiger partial charge in [-0.3, -0.25) is 0 Å². The monoisotopic (exact) mass is 252 g/mol. The van der Waals surface area contributed by atoms with Crippen LogP contribution in [0.15, 0.2) is 24.3 Å². The summed E-state index contributed by atoms with van der Waals surface area (Å²) in [5.74, 6) is 0.440. The molecule has 100 valence electrons. The molecule has 0 aliphatic carbocycles. The van der Waals surface area contributed by atoms with Crippen LogP contribution in [0.3, 0.4) is 0 Å². The number of methoxy groups -OCH3 is 2. The van der Waals surface area contributed by atoms with E-state index in [1.807, 2.05) is 0 Å². The van der Waals surface area contributed by atoms with Gasteiger partial charge in [0.15, 0.2) is 0 Å². The maximum Gasteiger partial charge on any atom is 0.337 e.